The molecular formula is C22H25N3O. The first-order chi connectivity index (χ1) is 12.8. The zero-order valence-corrected chi connectivity index (χ0v) is 14.9. The lowest BCUT2D eigenvalue weighted by Gasteiger charge is -2.27. The molecule has 1 heterocycles. The van der Waals surface area contributed by atoms with Crippen molar-refractivity contribution in [3.8, 4) is 0 Å². The molecule has 0 unspecified atom stereocenters. The number of carbonyl (C=O) groups is 1. The lowest BCUT2D eigenvalue weighted by Crippen LogP contribution is -2.33. The van der Waals surface area contributed by atoms with Crippen LogP contribution in [0.4, 0.5) is 0 Å². The van der Waals surface area contributed by atoms with Crippen LogP contribution < -0.4 is 5.32 Å². The molecule has 1 aliphatic carbocycles. The average molecular weight is 347 g/mol. The second-order valence-electron chi connectivity index (χ2n) is 7.33. The van der Waals surface area contributed by atoms with E-state index in [9.17, 15) is 4.79 Å². The molecule has 26 heavy (non-hydrogen) atoms. The normalized spacial score (nSPS) is 20.2. The third-order valence-corrected chi connectivity index (χ3v) is 5.45. The van der Waals surface area contributed by atoms with Crippen LogP contribution in [0.5, 0.6) is 0 Å². The SMILES string of the molecule is O=C(NCc1ccccc1)[C@H]1CC[C@H](Cc2nc3ccccc3[nH]2)CC1. The molecule has 2 N–H and O–H groups in total. The van der Waals surface area contributed by atoms with E-state index in [1.165, 1.54) is 0 Å². The number of imidazole rings is 1. The van der Waals surface area contributed by atoms with Gasteiger partial charge in [-0.25, -0.2) is 4.98 Å². The Morgan fingerprint density at radius 3 is 2.50 bits per heavy atom. The van der Waals surface area contributed by atoms with E-state index in [2.05, 4.69) is 21.4 Å². The lowest BCUT2D eigenvalue weighted by atomic mass is 9.80. The summed E-state index contributed by atoms with van der Waals surface area (Å²) in [6.07, 6.45) is 5.13. The van der Waals surface area contributed by atoms with Gasteiger partial charge in [0, 0.05) is 18.9 Å². The minimum Gasteiger partial charge on any atom is -0.352 e. The highest BCUT2D eigenvalue weighted by Gasteiger charge is 2.26. The Hall–Kier alpha value is -2.62. The van der Waals surface area contributed by atoms with Crippen LogP contribution in [-0.4, -0.2) is 15.9 Å². The summed E-state index contributed by atoms with van der Waals surface area (Å²) in [5.74, 6) is 2.05. The van der Waals surface area contributed by atoms with Crippen LogP contribution in [-0.2, 0) is 17.8 Å². The number of carbonyl (C=O) groups excluding carboxylic acids is 1. The predicted molar refractivity (Wildman–Crippen MR) is 104 cm³/mol. The highest BCUT2D eigenvalue weighted by atomic mass is 16.1. The first-order valence-corrected chi connectivity index (χ1v) is 9.53. The zero-order valence-electron chi connectivity index (χ0n) is 14.9. The fraction of sp³-hybridized carbons (Fsp3) is 0.364. The van der Waals surface area contributed by atoms with E-state index in [4.69, 9.17) is 0 Å². The Labute approximate surface area is 154 Å². The molecule has 0 bridgehead atoms. The van der Waals surface area contributed by atoms with Gasteiger partial charge in [-0.15, -0.1) is 0 Å². The fourth-order valence-corrected chi connectivity index (χ4v) is 3.93. The van der Waals surface area contributed by atoms with E-state index in [0.29, 0.717) is 12.5 Å². The van der Waals surface area contributed by atoms with Gasteiger partial charge in [0.2, 0.25) is 5.91 Å². The molecule has 1 aromatic heterocycles. The van der Waals surface area contributed by atoms with Gasteiger partial charge >= 0.3 is 0 Å². The molecule has 1 amide bonds. The topological polar surface area (TPSA) is 57.8 Å². The van der Waals surface area contributed by atoms with Crippen molar-refractivity contribution >= 4 is 16.9 Å². The summed E-state index contributed by atoms with van der Waals surface area (Å²) in [6, 6.07) is 18.3. The number of aromatic amines is 1. The molecule has 4 nitrogen and oxygen atoms in total. The number of hydrogen-bond acceptors (Lipinski definition) is 2. The molecule has 134 valence electrons. The summed E-state index contributed by atoms with van der Waals surface area (Å²) in [5, 5.41) is 3.09. The van der Waals surface area contributed by atoms with Gasteiger partial charge in [-0.1, -0.05) is 42.5 Å². The van der Waals surface area contributed by atoms with Crippen molar-refractivity contribution in [1.82, 2.24) is 15.3 Å². The summed E-state index contributed by atoms with van der Waals surface area (Å²) < 4.78 is 0. The molecule has 0 aliphatic heterocycles. The number of fused-ring (bicyclic) bond motifs is 1. The number of para-hydroxylation sites is 2. The number of amides is 1. The van der Waals surface area contributed by atoms with Crippen molar-refractivity contribution in [2.45, 2.75) is 38.6 Å². The minimum absolute atomic E-state index is 0.158. The number of rotatable bonds is 5. The van der Waals surface area contributed by atoms with E-state index in [-0.39, 0.29) is 11.8 Å². The monoisotopic (exact) mass is 347 g/mol. The van der Waals surface area contributed by atoms with Crippen molar-refractivity contribution in [3.05, 3.63) is 66.0 Å². The van der Waals surface area contributed by atoms with Crippen molar-refractivity contribution in [1.29, 1.82) is 0 Å². The van der Waals surface area contributed by atoms with Crippen LogP contribution in [0.1, 0.15) is 37.1 Å². The number of benzene rings is 2. The molecule has 0 radical (unpaired) electrons. The van der Waals surface area contributed by atoms with Crippen LogP contribution in [0.2, 0.25) is 0 Å². The summed E-state index contributed by atoms with van der Waals surface area (Å²) in [7, 11) is 0. The Bertz CT molecular complexity index is 830. The smallest absolute Gasteiger partial charge is 0.223 e. The first-order valence-electron chi connectivity index (χ1n) is 9.53. The fourth-order valence-electron chi connectivity index (χ4n) is 3.93. The van der Waals surface area contributed by atoms with Gasteiger partial charge in [-0.2, -0.15) is 0 Å². The van der Waals surface area contributed by atoms with E-state index < -0.39 is 0 Å². The maximum Gasteiger partial charge on any atom is 0.223 e. The molecule has 2 aromatic carbocycles. The van der Waals surface area contributed by atoms with E-state index in [1.54, 1.807) is 0 Å². The molecule has 0 atom stereocenters. The van der Waals surface area contributed by atoms with Crippen LogP contribution in [0.3, 0.4) is 0 Å². The van der Waals surface area contributed by atoms with Crippen LogP contribution in [0.25, 0.3) is 11.0 Å². The van der Waals surface area contributed by atoms with Crippen LogP contribution >= 0.6 is 0 Å². The van der Waals surface area contributed by atoms with Gasteiger partial charge in [-0.05, 0) is 49.3 Å². The van der Waals surface area contributed by atoms with Gasteiger partial charge in [0.25, 0.3) is 0 Å². The molecule has 3 aromatic rings. The van der Waals surface area contributed by atoms with Crippen molar-refractivity contribution in [3.63, 3.8) is 0 Å². The standard InChI is InChI=1S/C22H25N3O/c26-22(23-15-17-6-2-1-3-7-17)18-12-10-16(11-13-18)14-21-24-19-8-4-5-9-20(19)25-21/h1-9,16,18H,10-15H2,(H,23,26)(H,24,25)/t16-,18-. The van der Waals surface area contributed by atoms with Gasteiger partial charge < -0.3 is 10.3 Å². The van der Waals surface area contributed by atoms with Gasteiger partial charge in [0.1, 0.15) is 5.82 Å². The van der Waals surface area contributed by atoms with Crippen molar-refractivity contribution < 1.29 is 4.79 Å². The van der Waals surface area contributed by atoms with E-state index in [0.717, 1.165) is 54.5 Å². The average Bonchev–Trinajstić information content (AvgIpc) is 3.10. The molecule has 4 heteroatoms. The number of nitrogens with zero attached hydrogens (tertiary/aromatic N) is 1. The Morgan fingerprint density at radius 1 is 1.00 bits per heavy atom. The Morgan fingerprint density at radius 2 is 1.73 bits per heavy atom. The van der Waals surface area contributed by atoms with Gasteiger partial charge in [0.15, 0.2) is 0 Å². The van der Waals surface area contributed by atoms with Crippen LogP contribution in [0.15, 0.2) is 54.6 Å². The largest absolute Gasteiger partial charge is 0.352 e. The second-order valence-corrected chi connectivity index (χ2v) is 7.33. The molecular weight excluding hydrogens is 322 g/mol. The predicted octanol–water partition coefficient (Wildman–Crippen LogP) is 4.23. The van der Waals surface area contributed by atoms with Crippen molar-refractivity contribution in [2.24, 2.45) is 11.8 Å². The van der Waals surface area contributed by atoms with E-state index in [1.807, 2.05) is 48.5 Å². The van der Waals surface area contributed by atoms with Gasteiger partial charge in [-0.3, -0.25) is 4.79 Å². The molecule has 0 spiro atoms. The summed E-state index contributed by atoms with van der Waals surface area (Å²) in [4.78, 5) is 20.5. The van der Waals surface area contributed by atoms with Crippen molar-refractivity contribution in [2.75, 3.05) is 0 Å². The Kier molecular flexibility index (Phi) is 5.00. The molecule has 4 rings (SSSR count). The Balaban J connectivity index is 1.26. The minimum atomic E-state index is 0.158. The number of nitrogens with one attached hydrogen (secondary N) is 2. The maximum atomic E-state index is 12.4. The first kappa shape index (κ1) is 16.8. The molecule has 1 saturated carbocycles. The third-order valence-electron chi connectivity index (χ3n) is 5.45. The van der Waals surface area contributed by atoms with Gasteiger partial charge in [0.05, 0.1) is 11.0 Å². The highest BCUT2D eigenvalue weighted by Crippen LogP contribution is 2.31. The molecule has 1 aliphatic rings. The summed E-state index contributed by atoms with van der Waals surface area (Å²) >= 11 is 0. The summed E-state index contributed by atoms with van der Waals surface area (Å²) in [6.45, 7) is 0.624. The molecule has 1 fully saturated rings. The number of aromatic nitrogens is 2. The number of H-pyrrole nitrogens is 1. The highest BCUT2D eigenvalue weighted by molar-refractivity contribution is 5.78. The summed E-state index contributed by atoms with van der Waals surface area (Å²) in [5.41, 5.74) is 3.30. The lowest BCUT2D eigenvalue weighted by molar-refractivity contribution is -0.126. The van der Waals surface area contributed by atoms with Crippen LogP contribution in [0, 0.1) is 11.8 Å². The second kappa shape index (κ2) is 7.73. The zero-order chi connectivity index (χ0) is 17.8. The van der Waals surface area contributed by atoms with E-state index >= 15 is 0 Å². The molecule has 0 saturated heterocycles. The third kappa shape index (κ3) is 3.96. The maximum absolute atomic E-state index is 12.4. The number of hydrogen-bond donors (Lipinski definition) is 2. The quantitative estimate of drug-likeness (QED) is 0.726.